The highest BCUT2D eigenvalue weighted by atomic mass is 32.1. The minimum atomic E-state index is -0.174. The maximum absolute atomic E-state index is 13.2. The number of aromatic nitrogens is 2. The third kappa shape index (κ3) is 5.05. The molecular formula is C28H27N3O3S. The van der Waals surface area contributed by atoms with E-state index in [9.17, 15) is 9.59 Å². The fourth-order valence-electron chi connectivity index (χ4n) is 4.42. The number of hydrogen-bond donors (Lipinski definition) is 2. The molecule has 1 aromatic heterocycles. The van der Waals surface area contributed by atoms with Crippen molar-refractivity contribution in [3.8, 4) is 5.75 Å². The third-order valence-corrected chi connectivity index (χ3v) is 6.89. The summed E-state index contributed by atoms with van der Waals surface area (Å²) in [6.07, 6.45) is 2.88. The number of rotatable bonds is 8. The molecule has 0 aliphatic heterocycles. The van der Waals surface area contributed by atoms with Crippen molar-refractivity contribution in [2.24, 2.45) is 5.92 Å². The fraction of sp³-hybridized carbons (Fsp3) is 0.250. The number of hydrogen-bond acceptors (Lipinski definition) is 4. The molecule has 1 atom stereocenters. The van der Waals surface area contributed by atoms with E-state index in [-0.39, 0.29) is 17.5 Å². The highest BCUT2D eigenvalue weighted by molar-refractivity contribution is 7.71. The number of amides is 1. The van der Waals surface area contributed by atoms with Crippen molar-refractivity contribution < 1.29 is 9.53 Å². The molecule has 1 saturated carbocycles. The van der Waals surface area contributed by atoms with Gasteiger partial charge < -0.3 is 15.0 Å². The molecule has 5 rings (SSSR count). The SMILES string of the molecule is COc1ccc([C@H](NC(=O)c2ccc3c(=O)n(CCc4ccccc4)c(=S)[nH]c3c2)C2CC2)cc1. The standard InChI is InChI=1S/C28H27N3O3S/c1-34-22-12-9-20(10-13-22)25(19-7-8-19)30-26(32)21-11-14-23-24(17-21)29-28(35)31(27(23)33)16-15-18-5-3-2-4-6-18/h2-6,9-14,17,19,25H,7-8,15-16H2,1H3,(H,29,35)(H,30,32)/t25-/m1/s1. The number of H-pyrrole nitrogens is 1. The first-order valence-electron chi connectivity index (χ1n) is 11.8. The molecule has 178 valence electrons. The molecule has 1 aliphatic rings. The second-order valence-corrected chi connectivity index (χ2v) is 9.33. The van der Waals surface area contributed by atoms with Gasteiger partial charge in [-0.1, -0.05) is 42.5 Å². The van der Waals surface area contributed by atoms with Crippen LogP contribution in [0.25, 0.3) is 10.9 Å². The first-order chi connectivity index (χ1) is 17.0. The van der Waals surface area contributed by atoms with Crippen molar-refractivity contribution >= 4 is 29.0 Å². The number of carbonyl (C=O) groups excluding carboxylic acids is 1. The van der Waals surface area contributed by atoms with Crippen LogP contribution in [0.15, 0.2) is 77.6 Å². The molecule has 0 unspecified atom stereocenters. The average Bonchev–Trinajstić information content (AvgIpc) is 3.73. The number of methoxy groups -OCH3 is 1. The molecule has 1 amide bonds. The van der Waals surface area contributed by atoms with Crippen LogP contribution in [0, 0.1) is 10.7 Å². The number of nitrogens with zero attached hydrogens (tertiary/aromatic N) is 1. The minimum absolute atomic E-state index is 0.0615. The predicted octanol–water partition coefficient (Wildman–Crippen LogP) is 5.19. The first-order valence-corrected chi connectivity index (χ1v) is 12.2. The number of carbonyl (C=O) groups is 1. The Morgan fingerprint density at radius 3 is 2.54 bits per heavy atom. The molecule has 35 heavy (non-hydrogen) atoms. The number of fused-ring (bicyclic) bond motifs is 1. The van der Waals surface area contributed by atoms with Crippen molar-refractivity contribution in [1.82, 2.24) is 14.9 Å². The van der Waals surface area contributed by atoms with Crippen LogP contribution in [-0.2, 0) is 13.0 Å². The molecule has 1 aliphatic carbocycles. The van der Waals surface area contributed by atoms with Crippen LogP contribution < -0.4 is 15.6 Å². The van der Waals surface area contributed by atoms with E-state index in [1.165, 1.54) is 0 Å². The van der Waals surface area contributed by atoms with Crippen LogP contribution in [0.5, 0.6) is 5.75 Å². The molecule has 2 N–H and O–H groups in total. The highest BCUT2D eigenvalue weighted by Gasteiger charge is 2.33. The Kier molecular flexibility index (Phi) is 6.51. The molecular weight excluding hydrogens is 458 g/mol. The number of ether oxygens (including phenoxy) is 1. The minimum Gasteiger partial charge on any atom is -0.497 e. The second kappa shape index (κ2) is 9.88. The van der Waals surface area contributed by atoms with Crippen molar-refractivity contribution in [2.45, 2.75) is 31.8 Å². The van der Waals surface area contributed by atoms with Crippen LogP contribution in [0.2, 0.25) is 0 Å². The topological polar surface area (TPSA) is 76.1 Å². The molecule has 0 saturated heterocycles. The van der Waals surface area contributed by atoms with Gasteiger partial charge >= 0.3 is 0 Å². The summed E-state index contributed by atoms with van der Waals surface area (Å²) in [5, 5.41) is 3.70. The van der Waals surface area contributed by atoms with E-state index < -0.39 is 0 Å². The maximum Gasteiger partial charge on any atom is 0.262 e. The van der Waals surface area contributed by atoms with Gasteiger partial charge in [-0.05, 0) is 78.9 Å². The summed E-state index contributed by atoms with van der Waals surface area (Å²) in [7, 11) is 1.64. The van der Waals surface area contributed by atoms with Crippen molar-refractivity contribution in [1.29, 1.82) is 0 Å². The third-order valence-electron chi connectivity index (χ3n) is 6.57. The lowest BCUT2D eigenvalue weighted by Gasteiger charge is -2.19. The molecule has 7 heteroatoms. The van der Waals surface area contributed by atoms with Crippen molar-refractivity contribution in [2.75, 3.05) is 7.11 Å². The van der Waals surface area contributed by atoms with E-state index in [0.717, 1.165) is 29.7 Å². The molecule has 0 spiro atoms. The summed E-state index contributed by atoms with van der Waals surface area (Å²) in [6.45, 7) is 0.487. The van der Waals surface area contributed by atoms with Gasteiger partial charge in [-0.15, -0.1) is 0 Å². The van der Waals surface area contributed by atoms with E-state index >= 15 is 0 Å². The van der Waals surface area contributed by atoms with Crippen LogP contribution in [0.4, 0.5) is 0 Å². The second-order valence-electron chi connectivity index (χ2n) is 8.94. The van der Waals surface area contributed by atoms with Gasteiger partial charge in [0, 0.05) is 12.1 Å². The fourth-order valence-corrected chi connectivity index (χ4v) is 4.71. The molecule has 0 bridgehead atoms. The number of nitrogens with one attached hydrogen (secondary N) is 2. The Bertz CT molecular complexity index is 1470. The smallest absolute Gasteiger partial charge is 0.262 e. The maximum atomic E-state index is 13.2. The van der Waals surface area contributed by atoms with Gasteiger partial charge in [0.1, 0.15) is 5.75 Å². The van der Waals surface area contributed by atoms with Crippen molar-refractivity contribution in [3.05, 3.63) is 105 Å². The van der Waals surface area contributed by atoms with Gasteiger partial charge in [0.15, 0.2) is 4.77 Å². The number of aryl methyl sites for hydroxylation is 1. The van der Waals surface area contributed by atoms with Crippen molar-refractivity contribution in [3.63, 3.8) is 0 Å². The largest absolute Gasteiger partial charge is 0.497 e. The molecule has 6 nitrogen and oxygen atoms in total. The van der Waals surface area contributed by atoms with Gasteiger partial charge in [-0.3, -0.25) is 14.2 Å². The quantitative estimate of drug-likeness (QED) is 0.337. The van der Waals surface area contributed by atoms with Crippen LogP contribution in [-0.4, -0.2) is 22.6 Å². The molecule has 1 heterocycles. The van der Waals surface area contributed by atoms with E-state index in [1.54, 1.807) is 29.9 Å². The summed E-state index contributed by atoms with van der Waals surface area (Å²) in [5.41, 5.74) is 3.10. The van der Waals surface area contributed by atoms with Crippen LogP contribution >= 0.6 is 12.2 Å². The van der Waals surface area contributed by atoms with Gasteiger partial charge in [-0.2, -0.15) is 0 Å². The Morgan fingerprint density at radius 2 is 1.86 bits per heavy atom. The average molecular weight is 486 g/mol. The van der Waals surface area contributed by atoms with E-state index in [2.05, 4.69) is 10.3 Å². The summed E-state index contributed by atoms with van der Waals surface area (Å²) in [6, 6.07) is 22.9. The van der Waals surface area contributed by atoms with E-state index in [0.29, 0.717) is 40.1 Å². The Morgan fingerprint density at radius 1 is 1.11 bits per heavy atom. The normalized spacial score (nSPS) is 14.0. The Balaban J connectivity index is 1.38. The lowest BCUT2D eigenvalue weighted by atomic mass is 10.0. The number of benzene rings is 3. The Hall–Kier alpha value is -3.71. The lowest BCUT2D eigenvalue weighted by molar-refractivity contribution is 0.0932. The molecule has 3 aromatic carbocycles. The molecule has 1 fully saturated rings. The van der Waals surface area contributed by atoms with E-state index in [4.69, 9.17) is 17.0 Å². The monoisotopic (exact) mass is 485 g/mol. The number of aromatic amines is 1. The Labute approximate surface area is 208 Å². The van der Waals surface area contributed by atoms with Crippen LogP contribution in [0.1, 0.15) is 40.4 Å². The zero-order chi connectivity index (χ0) is 24.4. The summed E-state index contributed by atoms with van der Waals surface area (Å²) in [4.78, 5) is 29.4. The predicted molar refractivity (Wildman–Crippen MR) is 139 cm³/mol. The first kappa shape index (κ1) is 23.1. The zero-order valence-electron chi connectivity index (χ0n) is 19.5. The van der Waals surface area contributed by atoms with Crippen LogP contribution in [0.3, 0.4) is 0 Å². The summed E-state index contributed by atoms with van der Waals surface area (Å²) >= 11 is 5.48. The van der Waals surface area contributed by atoms with Gasteiger partial charge in [-0.25, -0.2) is 0 Å². The van der Waals surface area contributed by atoms with E-state index in [1.807, 2.05) is 54.6 Å². The van der Waals surface area contributed by atoms with Gasteiger partial charge in [0.2, 0.25) is 0 Å². The lowest BCUT2D eigenvalue weighted by Crippen LogP contribution is -2.30. The molecule has 0 radical (unpaired) electrons. The summed E-state index contributed by atoms with van der Waals surface area (Å²) < 4.78 is 7.19. The zero-order valence-corrected chi connectivity index (χ0v) is 20.3. The highest BCUT2D eigenvalue weighted by Crippen LogP contribution is 2.41. The summed E-state index contributed by atoms with van der Waals surface area (Å²) in [5.74, 6) is 1.04. The molecule has 4 aromatic rings. The van der Waals surface area contributed by atoms with Gasteiger partial charge in [0.25, 0.3) is 11.5 Å². The van der Waals surface area contributed by atoms with Gasteiger partial charge in [0.05, 0.1) is 24.1 Å².